The van der Waals surface area contributed by atoms with Gasteiger partial charge in [0.2, 0.25) is 0 Å². The van der Waals surface area contributed by atoms with E-state index in [4.69, 9.17) is 0 Å². The zero-order valence-electron chi connectivity index (χ0n) is 10.0. The van der Waals surface area contributed by atoms with Crippen LogP contribution in [0.3, 0.4) is 0 Å². The molecule has 1 aromatic rings. The van der Waals surface area contributed by atoms with Crippen molar-refractivity contribution in [1.29, 1.82) is 0 Å². The molecule has 0 saturated heterocycles. The zero-order chi connectivity index (χ0) is 10.8. The van der Waals surface area contributed by atoms with Gasteiger partial charge in [-0.2, -0.15) is 0 Å². The molecule has 0 saturated carbocycles. The molecule has 82 valence electrons. The van der Waals surface area contributed by atoms with E-state index in [2.05, 4.69) is 44.4 Å². The summed E-state index contributed by atoms with van der Waals surface area (Å²) in [6.45, 7) is 4.52. The fourth-order valence-electron chi connectivity index (χ4n) is 2.72. The lowest BCUT2D eigenvalue weighted by Crippen LogP contribution is -2.13. The van der Waals surface area contributed by atoms with Gasteiger partial charge in [0.1, 0.15) is 0 Å². The van der Waals surface area contributed by atoms with Crippen molar-refractivity contribution in [2.75, 3.05) is 7.05 Å². The molecule has 2 unspecified atom stereocenters. The van der Waals surface area contributed by atoms with E-state index >= 15 is 0 Å². The number of benzene rings is 1. The molecule has 0 bridgehead atoms. The lowest BCUT2D eigenvalue weighted by Gasteiger charge is -2.10. The maximum atomic E-state index is 3.44. The zero-order valence-corrected chi connectivity index (χ0v) is 10.0. The number of rotatable bonds is 3. The summed E-state index contributed by atoms with van der Waals surface area (Å²) in [7, 11) is 2.07. The first-order chi connectivity index (χ1) is 7.30. The summed E-state index contributed by atoms with van der Waals surface area (Å²) in [5, 5.41) is 3.44. The summed E-state index contributed by atoms with van der Waals surface area (Å²) >= 11 is 0. The highest BCUT2D eigenvalue weighted by molar-refractivity contribution is 5.41. The maximum absolute atomic E-state index is 3.44. The molecule has 15 heavy (non-hydrogen) atoms. The fraction of sp³-hybridized carbons (Fsp3) is 0.571. The molecule has 0 spiro atoms. The Balaban J connectivity index is 2.39. The molecule has 0 aromatic heterocycles. The van der Waals surface area contributed by atoms with Crippen molar-refractivity contribution in [1.82, 2.24) is 5.32 Å². The second-order valence-corrected chi connectivity index (χ2v) is 4.50. The highest BCUT2D eigenvalue weighted by atomic mass is 14.9. The minimum atomic E-state index is 0.580. The second-order valence-electron chi connectivity index (χ2n) is 4.50. The second kappa shape index (κ2) is 4.36. The van der Waals surface area contributed by atoms with E-state index < -0.39 is 0 Å². The summed E-state index contributed by atoms with van der Waals surface area (Å²) < 4.78 is 0. The third-order valence-electron chi connectivity index (χ3n) is 3.74. The van der Waals surface area contributed by atoms with E-state index in [1.807, 2.05) is 0 Å². The topological polar surface area (TPSA) is 12.0 Å². The standard InChI is InChI=1S/C14H21N/c1-4-10-6-7-12-11(5-2)9-14(15-3)13(12)8-10/h6-8,11,14-15H,4-5,9H2,1-3H3. The monoisotopic (exact) mass is 203 g/mol. The Hall–Kier alpha value is -0.820. The number of hydrogen-bond acceptors (Lipinski definition) is 1. The first-order valence-corrected chi connectivity index (χ1v) is 6.10. The van der Waals surface area contributed by atoms with Gasteiger partial charge in [-0.05, 0) is 48.9 Å². The molecule has 0 radical (unpaired) electrons. The lowest BCUT2D eigenvalue weighted by atomic mass is 9.97. The summed E-state index contributed by atoms with van der Waals surface area (Å²) in [6, 6.07) is 7.61. The molecule has 0 aliphatic heterocycles. The Kier molecular flexibility index (Phi) is 3.11. The lowest BCUT2D eigenvalue weighted by molar-refractivity contribution is 0.526. The van der Waals surface area contributed by atoms with Crippen molar-refractivity contribution in [3.8, 4) is 0 Å². The van der Waals surface area contributed by atoms with E-state index in [0.717, 1.165) is 12.3 Å². The van der Waals surface area contributed by atoms with Crippen LogP contribution >= 0.6 is 0 Å². The van der Waals surface area contributed by atoms with Crippen LogP contribution in [0.1, 0.15) is 55.3 Å². The first-order valence-electron chi connectivity index (χ1n) is 6.10. The Bertz CT molecular complexity index is 343. The largest absolute Gasteiger partial charge is 0.313 e. The third kappa shape index (κ3) is 1.81. The Labute approximate surface area is 92.9 Å². The summed E-state index contributed by atoms with van der Waals surface area (Å²) in [6.07, 6.45) is 3.67. The van der Waals surface area contributed by atoms with Gasteiger partial charge in [0, 0.05) is 6.04 Å². The highest BCUT2D eigenvalue weighted by Gasteiger charge is 2.28. The van der Waals surface area contributed by atoms with Gasteiger partial charge in [-0.25, -0.2) is 0 Å². The molecule has 1 heteroatoms. The van der Waals surface area contributed by atoms with E-state index in [0.29, 0.717) is 6.04 Å². The van der Waals surface area contributed by atoms with Gasteiger partial charge >= 0.3 is 0 Å². The molecule has 0 amide bonds. The van der Waals surface area contributed by atoms with Crippen LogP contribution in [0.4, 0.5) is 0 Å². The average molecular weight is 203 g/mol. The highest BCUT2D eigenvalue weighted by Crippen LogP contribution is 2.42. The first kappa shape index (κ1) is 10.7. The van der Waals surface area contributed by atoms with Crippen LogP contribution in [0, 0.1) is 0 Å². The SMILES string of the molecule is CCc1ccc2c(c1)C(NC)CC2CC. The number of aryl methyl sites for hydroxylation is 1. The van der Waals surface area contributed by atoms with E-state index in [1.165, 1.54) is 18.4 Å². The van der Waals surface area contributed by atoms with Gasteiger partial charge in [-0.3, -0.25) is 0 Å². The van der Waals surface area contributed by atoms with E-state index in [9.17, 15) is 0 Å². The molecule has 1 aromatic carbocycles. The predicted octanol–water partition coefficient (Wildman–Crippen LogP) is 3.41. The molecule has 1 aliphatic rings. The maximum Gasteiger partial charge on any atom is 0.0326 e. The van der Waals surface area contributed by atoms with Crippen molar-refractivity contribution in [2.45, 2.75) is 45.1 Å². The summed E-state index contributed by atoms with van der Waals surface area (Å²) in [5.74, 6) is 0.767. The van der Waals surface area contributed by atoms with Crippen molar-refractivity contribution < 1.29 is 0 Å². The smallest absolute Gasteiger partial charge is 0.0326 e. The fourth-order valence-corrected chi connectivity index (χ4v) is 2.72. The van der Waals surface area contributed by atoms with Gasteiger partial charge < -0.3 is 5.32 Å². The van der Waals surface area contributed by atoms with Crippen LogP contribution in [-0.2, 0) is 6.42 Å². The summed E-state index contributed by atoms with van der Waals surface area (Å²) in [4.78, 5) is 0. The minimum Gasteiger partial charge on any atom is -0.313 e. The van der Waals surface area contributed by atoms with Crippen LogP contribution in [0.2, 0.25) is 0 Å². The van der Waals surface area contributed by atoms with Crippen molar-refractivity contribution in [3.63, 3.8) is 0 Å². The van der Waals surface area contributed by atoms with Gasteiger partial charge in [0.15, 0.2) is 0 Å². The quantitative estimate of drug-likeness (QED) is 0.794. The molecule has 1 nitrogen and oxygen atoms in total. The molecular weight excluding hydrogens is 182 g/mol. The number of hydrogen-bond donors (Lipinski definition) is 1. The van der Waals surface area contributed by atoms with Crippen molar-refractivity contribution in [3.05, 3.63) is 34.9 Å². The molecule has 0 fully saturated rings. The van der Waals surface area contributed by atoms with Gasteiger partial charge in [-0.15, -0.1) is 0 Å². The predicted molar refractivity (Wildman–Crippen MR) is 65.3 cm³/mol. The molecule has 2 atom stereocenters. The molecule has 0 heterocycles. The van der Waals surface area contributed by atoms with Crippen LogP contribution in [0.25, 0.3) is 0 Å². The molecule has 1 aliphatic carbocycles. The normalized spacial score (nSPS) is 24.2. The average Bonchev–Trinajstić information content (AvgIpc) is 2.65. The van der Waals surface area contributed by atoms with Crippen LogP contribution < -0.4 is 5.32 Å². The van der Waals surface area contributed by atoms with Crippen LogP contribution in [-0.4, -0.2) is 7.05 Å². The van der Waals surface area contributed by atoms with Crippen molar-refractivity contribution in [2.24, 2.45) is 0 Å². The van der Waals surface area contributed by atoms with E-state index in [1.54, 1.807) is 11.1 Å². The van der Waals surface area contributed by atoms with Crippen molar-refractivity contribution >= 4 is 0 Å². The Morgan fingerprint density at radius 1 is 1.27 bits per heavy atom. The number of fused-ring (bicyclic) bond motifs is 1. The van der Waals surface area contributed by atoms with Gasteiger partial charge in [0.25, 0.3) is 0 Å². The van der Waals surface area contributed by atoms with Gasteiger partial charge in [-0.1, -0.05) is 32.0 Å². The van der Waals surface area contributed by atoms with E-state index in [-0.39, 0.29) is 0 Å². The van der Waals surface area contributed by atoms with Crippen LogP contribution in [0.15, 0.2) is 18.2 Å². The third-order valence-corrected chi connectivity index (χ3v) is 3.74. The Morgan fingerprint density at radius 2 is 2.07 bits per heavy atom. The Morgan fingerprint density at radius 3 is 2.67 bits per heavy atom. The minimum absolute atomic E-state index is 0.580. The van der Waals surface area contributed by atoms with Gasteiger partial charge in [0.05, 0.1) is 0 Å². The summed E-state index contributed by atoms with van der Waals surface area (Å²) in [5.41, 5.74) is 4.59. The van der Waals surface area contributed by atoms with Crippen LogP contribution in [0.5, 0.6) is 0 Å². The number of nitrogens with one attached hydrogen (secondary N) is 1. The molecule has 2 rings (SSSR count). The molecular formula is C14H21N. The molecule has 1 N–H and O–H groups in total.